The van der Waals surface area contributed by atoms with E-state index < -0.39 is 11.9 Å². The number of thiazole rings is 1. The quantitative estimate of drug-likeness (QED) is 0.294. The number of rotatable bonds is 8. The van der Waals surface area contributed by atoms with E-state index in [0.717, 1.165) is 22.5 Å². The van der Waals surface area contributed by atoms with Crippen LogP contribution in [0.25, 0.3) is 0 Å². The molecule has 0 fully saturated rings. The van der Waals surface area contributed by atoms with Gasteiger partial charge in [0.1, 0.15) is 5.15 Å². The Labute approximate surface area is 209 Å². The van der Waals surface area contributed by atoms with Crippen molar-refractivity contribution < 1.29 is 14.7 Å². The number of carboxylic acids is 1. The smallest absolute Gasteiger partial charge is 0.309 e. The average Bonchev–Trinajstić information content (AvgIpc) is 3.13. The minimum absolute atomic E-state index is 0.0118. The molecule has 0 saturated carbocycles. The molecular weight excluding hydrogens is 486 g/mol. The van der Waals surface area contributed by atoms with Crippen molar-refractivity contribution in [2.75, 3.05) is 0 Å². The number of nitrogens with one attached hydrogen (secondary N) is 1. The van der Waals surface area contributed by atoms with E-state index in [9.17, 15) is 19.5 Å². The summed E-state index contributed by atoms with van der Waals surface area (Å²) in [5, 5.41) is 15.3. The highest BCUT2D eigenvalue weighted by Crippen LogP contribution is 2.25. The van der Waals surface area contributed by atoms with Gasteiger partial charge in [0.2, 0.25) is 0 Å². The molecule has 1 aromatic heterocycles. The van der Waals surface area contributed by atoms with Crippen molar-refractivity contribution >= 4 is 41.0 Å². The molecule has 4 rings (SSSR count). The summed E-state index contributed by atoms with van der Waals surface area (Å²) in [6.45, 7) is 0.0829. The van der Waals surface area contributed by atoms with Gasteiger partial charge >= 0.3 is 4.87 Å². The number of hydrogen-bond donors (Lipinski definition) is 1. The highest BCUT2D eigenvalue weighted by molar-refractivity contribution is 7.11. The molecular formula is C26H19ClN3O4S-. The topological polar surface area (TPSA) is 104 Å². The lowest BCUT2D eigenvalue weighted by Crippen LogP contribution is -2.26. The molecule has 0 atom stereocenters. The van der Waals surface area contributed by atoms with Crippen molar-refractivity contribution in [1.82, 2.24) is 9.99 Å². The Kier molecular flexibility index (Phi) is 7.54. The summed E-state index contributed by atoms with van der Waals surface area (Å²) in [6, 6.07) is 24.8. The van der Waals surface area contributed by atoms with E-state index in [4.69, 9.17) is 11.6 Å². The van der Waals surface area contributed by atoms with Gasteiger partial charge < -0.3 is 9.90 Å². The summed E-state index contributed by atoms with van der Waals surface area (Å²) in [5.41, 5.74) is 4.78. The van der Waals surface area contributed by atoms with Crippen molar-refractivity contribution in [1.29, 1.82) is 0 Å². The SMILES string of the molecule is O=C([O-])c1cccc(Cn2c(Cl)c(C=NNC(=O)C(c3ccccc3)c3ccccc3)sc2=O)c1. The first kappa shape index (κ1) is 24.1. The largest absolute Gasteiger partial charge is 0.545 e. The van der Waals surface area contributed by atoms with Crippen LogP contribution in [0.5, 0.6) is 0 Å². The van der Waals surface area contributed by atoms with E-state index >= 15 is 0 Å². The van der Waals surface area contributed by atoms with E-state index in [2.05, 4.69) is 10.5 Å². The Morgan fingerprint density at radius 2 is 1.63 bits per heavy atom. The van der Waals surface area contributed by atoms with Gasteiger partial charge in [-0.25, -0.2) is 5.43 Å². The number of nitrogens with zero attached hydrogens (tertiary/aromatic N) is 2. The number of amides is 1. The summed E-state index contributed by atoms with van der Waals surface area (Å²) < 4.78 is 1.31. The number of benzene rings is 3. The van der Waals surface area contributed by atoms with Crippen LogP contribution in [-0.4, -0.2) is 22.7 Å². The van der Waals surface area contributed by atoms with Crippen molar-refractivity contribution in [2.45, 2.75) is 12.5 Å². The first-order valence-corrected chi connectivity index (χ1v) is 11.8. The molecule has 35 heavy (non-hydrogen) atoms. The van der Waals surface area contributed by atoms with Gasteiger partial charge in [-0.2, -0.15) is 5.10 Å². The molecule has 0 aliphatic carbocycles. The summed E-state index contributed by atoms with van der Waals surface area (Å²) >= 11 is 7.26. The number of aromatic carboxylic acids is 1. The summed E-state index contributed by atoms with van der Waals surface area (Å²) in [7, 11) is 0. The molecule has 0 bridgehead atoms. The molecule has 4 aromatic rings. The lowest BCUT2D eigenvalue weighted by Gasteiger charge is -2.16. The zero-order chi connectivity index (χ0) is 24.8. The van der Waals surface area contributed by atoms with Gasteiger partial charge in [-0.15, -0.1) is 0 Å². The maximum Gasteiger partial charge on any atom is 0.309 e. The Morgan fingerprint density at radius 1 is 1.00 bits per heavy atom. The van der Waals surface area contributed by atoms with Crippen LogP contribution in [0, 0.1) is 0 Å². The predicted octanol–water partition coefficient (Wildman–Crippen LogP) is 3.26. The van der Waals surface area contributed by atoms with Crippen LogP contribution >= 0.6 is 22.9 Å². The van der Waals surface area contributed by atoms with Crippen LogP contribution in [0.4, 0.5) is 0 Å². The molecule has 0 aliphatic heterocycles. The molecule has 0 radical (unpaired) electrons. The van der Waals surface area contributed by atoms with Gasteiger partial charge in [-0.3, -0.25) is 14.2 Å². The highest BCUT2D eigenvalue weighted by Gasteiger charge is 2.22. The highest BCUT2D eigenvalue weighted by atomic mass is 35.5. The first-order valence-electron chi connectivity index (χ1n) is 10.6. The maximum atomic E-state index is 13.0. The fourth-order valence-electron chi connectivity index (χ4n) is 3.60. The molecule has 0 aliphatic rings. The second kappa shape index (κ2) is 10.9. The van der Waals surface area contributed by atoms with Gasteiger partial charge in [-0.1, -0.05) is 102 Å². The number of halogens is 1. The molecule has 1 heterocycles. The van der Waals surface area contributed by atoms with Gasteiger partial charge in [0.15, 0.2) is 0 Å². The van der Waals surface area contributed by atoms with Crippen LogP contribution in [0.2, 0.25) is 5.15 Å². The second-order valence-corrected chi connectivity index (χ2v) is 8.94. The third-order valence-electron chi connectivity index (χ3n) is 5.25. The molecule has 1 N–H and O–H groups in total. The lowest BCUT2D eigenvalue weighted by atomic mass is 9.91. The van der Waals surface area contributed by atoms with Crippen molar-refractivity contribution in [2.24, 2.45) is 5.10 Å². The van der Waals surface area contributed by atoms with Crippen molar-refractivity contribution in [3.8, 4) is 0 Å². The zero-order valence-corrected chi connectivity index (χ0v) is 19.8. The monoisotopic (exact) mass is 504 g/mol. The Hall–Kier alpha value is -4.01. The Balaban J connectivity index is 1.52. The molecule has 0 spiro atoms. The molecule has 176 valence electrons. The number of hydrazone groups is 1. The van der Waals surface area contributed by atoms with Crippen molar-refractivity contribution in [3.63, 3.8) is 0 Å². The van der Waals surface area contributed by atoms with E-state index in [1.807, 2.05) is 60.7 Å². The van der Waals surface area contributed by atoms with Crippen LogP contribution < -0.4 is 15.4 Å². The second-order valence-electron chi connectivity index (χ2n) is 7.59. The molecule has 3 aromatic carbocycles. The van der Waals surface area contributed by atoms with Crippen molar-refractivity contribution in [3.05, 3.63) is 127 Å². The summed E-state index contributed by atoms with van der Waals surface area (Å²) in [5.74, 6) is -2.20. The van der Waals surface area contributed by atoms with Crippen LogP contribution in [-0.2, 0) is 11.3 Å². The number of aromatic nitrogens is 1. The van der Waals surface area contributed by atoms with E-state index in [-0.39, 0.29) is 28.0 Å². The predicted molar refractivity (Wildman–Crippen MR) is 134 cm³/mol. The minimum Gasteiger partial charge on any atom is -0.545 e. The maximum absolute atomic E-state index is 13.0. The van der Waals surface area contributed by atoms with Gasteiger partial charge in [-0.05, 0) is 28.3 Å². The van der Waals surface area contributed by atoms with Gasteiger partial charge in [0.05, 0.1) is 29.5 Å². The first-order chi connectivity index (χ1) is 16.9. The summed E-state index contributed by atoms with van der Waals surface area (Å²) in [4.78, 5) is 36.6. The van der Waals surface area contributed by atoms with E-state index in [0.29, 0.717) is 10.4 Å². The molecule has 0 saturated heterocycles. The average molecular weight is 505 g/mol. The Bertz CT molecular complexity index is 1390. The number of carboxylic acid groups (broad SMARTS) is 1. The lowest BCUT2D eigenvalue weighted by molar-refractivity contribution is -0.255. The van der Waals surface area contributed by atoms with Gasteiger partial charge in [0, 0.05) is 0 Å². The van der Waals surface area contributed by atoms with Crippen LogP contribution in [0.3, 0.4) is 0 Å². The normalized spacial score (nSPS) is 11.1. The molecule has 1 amide bonds. The third kappa shape index (κ3) is 5.74. The van der Waals surface area contributed by atoms with E-state index in [1.54, 1.807) is 12.1 Å². The summed E-state index contributed by atoms with van der Waals surface area (Å²) in [6.07, 6.45) is 1.33. The number of carbonyl (C=O) groups is 2. The zero-order valence-electron chi connectivity index (χ0n) is 18.3. The fraction of sp³-hybridized carbons (Fsp3) is 0.0769. The van der Waals surface area contributed by atoms with Crippen LogP contribution in [0.15, 0.2) is 94.8 Å². The minimum atomic E-state index is -1.30. The Morgan fingerprint density at radius 3 is 2.23 bits per heavy atom. The van der Waals surface area contributed by atoms with Gasteiger partial charge in [0.25, 0.3) is 5.91 Å². The fourth-order valence-corrected chi connectivity index (χ4v) is 4.71. The molecule has 0 unspecified atom stereocenters. The van der Waals surface area contributed by atoms with Crippen LogP contribution in [0.1, 0.15) is 37.8 Å². The number of carbonyl (C=O) groups excluding carboxylic acids is 2. The molecule has 7 nitrogen and oxygen atoms in total. The standard InChI is InChI=1S/C26H20ClN3O4S/c27-23-21(35-26(34)30(23)16-17-8-7-13-20(14-17)25(32)33)15-28-29-24(31)22(18-9-3-1-4-10-18)19-11-5-2-6-12-19/h1-15,22H,16H2,(H,29,31)(H,32,33)/p-1. The van der Waals surface area contributed by atoms with E-state index in [1.165, 1.54) is 22.9 Å². The number of hydrogen-bond acceptors (Lipinski definition) is 6. The third-order valence-corrected chi connectivity index (χ3v) is 6.68. The molecule has 9 heteroatoms.